The van der Waals surface area contributed by atoms with E-state index in [4.69, 9.17) is 9.26 Å². The van der Waals surface area contributed by atoms with E-state index in [1.807, 2.05) is 24.3 Å². The van der Waals surface area contributed by atoms with Gasteiger partial charge < -0.3 is 19.9 Å². The van der Waals surface area contributed by atoms with Gasteiger partial charge in [0, 0.05) is 31.6 Å². The Kier molecular flexibility index (Phi) is 6.04. The Morgan fingerprint density at radius 3 is 2.74 bits per heavy atom. The number of nitrogens with zero attached hydrogens (tertiary/aromatic N) is 1. The molecule has 1 heterocycles. The van der Waals surface area contributed by atoms with Crippen LogP contribution in [-0.2, 0) is 16.0 Å². The summed E-state index contributed by atoms with van der Waals surface area (Å²) < 4.78 is 10.1. The number of nitrogens with one attached hydrogen (secondary N) is 2. The smallest absolute Gasteiger partial charge is 0.407 e. The van der Waals surface area contributed by atoms with Crippen LogP contribution in [0.4, 0.5) is 4.79 Å². The molecule has 140 valence electrons. The molecular formula is C20H21N3O4. The number of alkyl carbamates (subject to hydrolysis) is 1. The second kappa shape index (κ2) is 8.84. The summed E-state index contributed by atoms with van der Waals surface area (Å²) in [7, 11) is 1.48. The van der Waals surface area contributed by atoms with Crippen molar-refractivity contribution in [2.75, 3.05) is 20.2 Å². The lowest BCUT2D eigenvalue weighted by Crippen LogP contribution is -2.31. The summed E-state index contributed by atoms with van der Waals surface area (Å²) >= 11 is 0. The van der Waals surface area contributed by atoms with Crippen molar-refractivity contribution in [3.05, 3.63) is 54.3 Å². The van der Waals surface area contributed by atoms with Gasteiger partial charge in [-0.15, -0.1) is 0 Å². The van der Waals surface area contributed by atoms with Crippen LogP contribution >= 0.6 is 0 Å². The first-order chi connectivity index (χ1) is 13.2. The highest BCUT2D eigenvalue weighted by atomic mass is 16.6. The van der Waals surface area contributed by atoms with Crippen LogP contribution in [0.25, 0.3) is 22.0 Å². The van der Waals surface area contributed by atoms with Gasteiger partial charge in [-0.2, -0.15) is 0 Å². The van der Waals surface area contributed by atoms with Gasteiger partial charge in [0.15, 0.2) is 6.61 Å². The fraction of sp³-hybridized carbons (Fsp3) is 0.250. The summed E-state index contributed by atoms with van der Waals surface area (Å²) in [6.45, 7) is 0.123. The third kappa shape index (κ3) is 5.07. The van der Waals surface area contributed by atoms with Gasteiger partial charge in [-0.1, -0.05) is 41.6 Å². The molecule has 2 amide bonds. The number of carbonyl (C=O) groups excluding carboxylic acids is 2. The number of aryl methyl sites for hydroxylation is 1. The third-order valence-electron chi connectivity index (χ3n) is 4.09. The molecule has 0 aliphatic rings. The first-order valence-electron chi connectivity index (χ1n) is 8.71. The van der Waals surface area contributed by atoms with Gasteiger partial charge in [-0.25, -0.2) is 4.79 Å². The summed E-state index contributed by atoms with van der Waals surface area (Å²) in [5, 5.41) is 11.4. The minimum absolute atomic E-state index is 0.292. The first kappa shape index (κ1) is 18.4. The summed E-state index contributed by atoms with van der Waals surface area (Å²) in [6.07, 6.45) is 0.686. The minimum Gasteiger partial charge on any atom is -0.439 e. The maximum atomic E-state index is 11.4. The normalized spacial score (nSPS) is 10.6. The number of rotatable bonds is 7. The van der Waals surface area contributed by atoms with Crippen LogP contribution < -0.4 is 10.6 Å². The predicted octanol–water partition coefficient (Wildman–Crippen LogP) is 2.90. The average molecular weight is 367 g/mol. The summed E-state index contributed by atoms with van der Waals surface area (Å²) in [5.41, 5.74) is 1.79. The summed E-state index contributed by atoms with van der Waals surface area (Å²) in [6, 6.07) is 16.2. The molecule has 0 fully saturated rings. The molecule has 0 aliphatic carbocycles. The van der Waals surface area contributed by atoms with Crippen LogP contribution in [-0.4, -0.2) is 37.4 Å². The molecule has 0 atom stereocenters. The van der Waals surface area contributed by atoms with E-state index in [-0.39, 0.29) is 12.5 Å². The van der Waals surface area contributed by atoms with E-state index < -0.39 is 6.09 Å². The van der Waals surface area contributed by atoms with E-state index in [0.717, 1.165) is 22.4 Å². The van der Waals surface area contributed by atoms with Gasteiger partial charge in [0.1, 0.15) is 11.5 Å². The van der Waals surface area contributed by atoms with Crippen LogP contribution in [0.1, 0.15) is 12.2 Å². The Morgan fingerprint density at radius 1 is 1.11 bits per heavy atom. The van der Waals surface area contributed by atoms with Crippen molar-refractivity contribution in [3.63, 3.8) is 0 Å². The summed E-state index contributed by atoms with van der Waals surface area (Å²) in [5.74, 6) is 0.395. The van der Waals surface area contributed by atoms with Crippen LogP contribution in [0.5, 0.6) is 0 Å². The number of likely N-dealkylation sites (N-methyl/N-ethyl adjacent to an activating group) is 1. The van der Waals surface area contributed by atoms with E-state index in [9.17, 15) is 9.59 Å². The van der Waals surface area contributed by atoms with Gasteiger partial charge in [-0.3, -0.25) is 4.79 Å². The lowest BCUT2D eigenvalue weighted by molar-refractivity contribution is -0.123. The number of amides is 2. The van der Waals surface area contributed by atoms with E-state index in [1.54, 1.807) is 0 Å². The SMILES string of the molecule is CNC(=O)COC(=O)NCCCc1cc(-c2ccc3ccccc3c2)no1. The van der Waals surface area contributed by atoms with Crippen LogP contribution in [0.2, 0.25) is 0 Å². The highest BCUT2D eigenvalue weighted by Gasteiger charge is 2.08. The Hall–Kier alpha value is -3.35. The van der Waals surface area contributed by atoms with Crippen molar-refractivity contribution in [1.29, 1.82) is 0 Å². The lowest BCUT2D eigenvalue weighted by atomic mass is 10.0. The highest BCUT2D eigenvalue weighted by molar-refractivity contribution is 5.86. The maximum Gasteiger partial charge on any atom is 0.407 e. The van der Waals surface area contributed by atoms with Crippen molar-refractivity contribution in [2.45, 2.75) is 12.8 Å². The number of aromatic nitrogens is 1. The van der Waals surface area contributed by atoms with Crippen molar-refractivity contribution in [2.24, 2.45) is 0 Å². The number of hydrogen-bond donors (Lipinski definition) is 2. The van der Waals surface area contributed by atoms with Gasteiger partial charge >= 0.3 is 6.09 Å². The largest absolute Gasteiger partial charge is 0.439 e. The molecule has 2 aromatic carbocycles. The zero-order chi connectivity index (χ0) is 19.1. The second-order valence-electron chi connectivity index (χ2n) is 6.02. The van der Waals surface area contributed by atoms with E-state index in [0.29, 0.717) is 19.4 Å². The molecule has 0 saturated heterocycles. The fourth-order valence-electron chi connectivity index (χ4n) is 2.62. The number of carbonyl (C=O) groups is 2. The van der Waals surface area contributed by atoms with Gasteiger partial charge in [0.2, 0.25) is 0 Å². The molecule has 2 N–H and O–H groups in total. The van der Waals surface area contributed by atoms with E-state index in [2.05, 4.69) is 40.1 Å². The van der Waals surface area contributed by atoms with Crippen LogP contribution in [0.15, 0.2) is 53.1 Å². The third-order valence-corrected chi connectivity index (χ3v) is 4.09. The molecule has 7 heteroatoms. The standard InChI is InChI=1S/C20H21N3O4/c1-21-19(24)13-26-20(25)22-10-4-7-17-12-18(23-27-17)16-9-8-14-5-2-3-6-15(14)11-16/h2-3,5-6,8-9,11-12H,4,7,10,13H2,1H3,(H,21,24)(H,22,25). The number of hydrogen-bond acceptors (Lipinski definition) is 5. The lowest BCUT2D eigenvalue weighted by Gasteiger charge is -2.05. The zero-order valence-corrected chi connectivity index (χ0v) is 15.0. The Labute approximate surface area is 156 Å². The van der Waals surface area contributed by atoms with Gasteiger partial charge in [0.25, 0.3) is 5.91 Å². The Morgan fingerprint density at radius 2 is 1.93 bits per heavy atom. The van der Waals surface area contributed by atoms with Crippen molar-refractivity contribution in [3.8, 4) is 11.3 Å². The molecule has 0 saturated carbocycles. The van der Waals surface area contributed by atoms with Gasteiger partial charge in [-0.05, 0) is 23.3 Å². The average Bonchev–Trinajstić information content (AvgIpc) is 3.18. The number of fused-ring (bicyclic) bond motifs is 1. The molecule has 3 aromatic rings. The molecule has 0 unspecified atom stereocenters. The van der Waals surface area contributed by atoms with E-state index >= 15 is 0 Å². The summed E-state index contributed by atoms with van der Waals surface area (Å²) in [4.78, 5) is 22.4. The van der Waals surface area contributed by atoms with E-state index in [1.165, 1.54) is 12.4 Å². The van der Waals surface area contributed by atoms with Crippen LogP contribution in [0, 0.1) is 0 Å². The van der Waals surface area contributed by atoms with Crippen LogP contribution in [0.3, 0.4) is 0 Å². The molecule has 0 bridgehead atoms. The molecule has 0 spiro atoms. The molecule has 0 radical (unpaired) electrons. The monoisotopic (exact) mass is 367 g/mol. The molecule has 1 aromatic heterocycles. The molecule has 0 aliphatic heterocycles. The topological polar surface area (TPSA) is 93.5 Å². The second-order valence-corrected chi connectivity index (χ2v) is 6.02. The van der Waals surface area contributed by atoms with Crippen molar-refractivity contribution >= 4 is 22.8 Å². The first-order valence-corrected chi connectivity index (χ1v) is 8.71. The molecule has 3 rings (SSSR count). The van der Waals surface area contributed by atoms with Gasteiger partial charge in [0.05, 0.1) is 0 Å². The maximum absolute atomic E-state index is 11.4. The quantitative estimate of drug-likeness (QED) is 0.626. The predicted molar refractivity (Wildman–Crippen MR) is 101 cm³/mol. The van der Waals surface area contributed by atoms with Crippen molar-refractivity contribution < 1.29 is 18.8 Å². The minimum atomic E-state index is -0.618. The fourth-order valence-corrected chi connectivity index (χ4v) is 2.62. The molecular weight excluding hydrogens is 346 g/mol. The zero-order valence-electron chi connectivity index (χ0n) is 15.0. The number of ether oxygens (including phenoxy) is 1. The van der Waals surface area contributed by atoms with Crippen molar-refractivity contribution in [1.82, 2.24) is 15.8 Å². The molecule has 27 heavy (non-hydrogen) atoms. The number of benzene rings is 2. The molecule has 7 nitrogen and oxygen atoms in total. The Balaban J connectivity index is 1.48. The highest BCUT2D eigenvalue weighted by Crippen LogP contribution is 2.24. The Bertz CT molecular complexity index is 936.